The van der Waals surface area contributed by atoms with Gasteiger partial charge in [-0.15, -0.1) is 0 Å². The molecule has 0 radical (unpaired) electrons. The Labute approximate surface area is 122 Å². The molecule has 0 saturated heterocycles. The third-order valence-corrected chi connectivity index (χ3v) is 6.24. The lowest BCUT2D eigenvalue weighted by Gasteiger charge is -2.34. The molecule has 3 nitrogen and oxygen atoms in total. The predicted molar refractivity (Wildman–Crippen MR) is 86.0 cm³/mol. The van der Waals surface area contributed by atoms with E-state index in [2.05, 4.69) is 38.0 Å². The second kappa shape index (κ2) is 6.49. The number of thioether (sulfide) groups is 1. The number of hydrogen-bond donors (Lipinski definition) is 1. The van der Waals surface area contributed by atoms with Crippen molar-refractivity contribution in [2.45, 2.75) is 58.5 Å². The Balaban J connectivity index is 1.76. The van der Waals surface area contributed by atoms with Gasteiger partial charge in [0.25, 0.3) is 0 Å². The maximum absolute atomic E-state index is 4.77. The van der Waals surface area contributed by atoms with E-state index in [1.165, 1.54) is 31.4 Å². The maximum atomic E-state index is 4.77. The van der Waals surface area contributed by atoms with Gasteiger partial charge in [-0.05, 0) is 45.1 Å². The number of amidine groups is 1. The van der Waals surface area contributed by atoms with Gasteiger partial charge in [0.15, 0.2) is 5.17 Å². The van der Waals surface area contributed by atoms with Crippen molar-refractivity contribution >= 4 is 16.9 Å². The minimum Gasteiger partial charge on any atom is -0.363 e. The van der Waals surface area contributed by atoms with Crippen LogP contribution < -0.4 is 5.32 Å². The molecule has 1 fully saturated rings. The van der Waals surface area contributed by atoms with E-state index in [1.807, 2.05) is 11.8 Å². The molecule has 19 heavy (non-hydrogen) atoms. The molecular weight excluding hydrogens is 254 g/mol. The lowest BCUT2D eigenvalue weighted by atomic mass is 9.84. The zero-order chi connectivity index (χ0) is 13.9. The second-order valence-electron chi connectivity index (χ2n) is 6.24. The van der Waals surface area contributed by atoms with Crippen LogP contribution in [0.3, 0.4) is 0 Å². The Morgan fingerprint density at radius 3 is 2.58 bits per heavy atom. The number of nitrogens with zero attached hydrogens (tertiary/aromatic N) is 2. The van der Waals surface area contributed by atoms with Crippen molar-refractivity contribution in [3.63, 3.8) is 0 Å². The Hall–Kier alpha value is -0.220. The molecule has 0 aromatic heterocycles. The standard InChI is InChI=1S/C15H29N3S/c1-5-15(6-2)10-17-14(19-11-15)16-9-12(3)18(4)13-7-8-13/h12-13H,5-11H2,1-4H3,(H,16,17). The van der Waals surface area contributed by atoms with Gasteiger partial charge in [0, 0.05) is 30.9 Å². The van der Waals surface area contributed by atoms with Gasteiger partial charge in [0.05, 0.1) is 0 Å². The first-order chi connectivity index (χ1) is 9.10. The SMILES string of the molecule is CCC1(CC)CN=C(NCC(C)N(C)C2CC2)SC1. The average Bonchev–Trinajstić information content (AvgIpc) is 3.29. The Kier molecular flexibility index (Phi) is 5.18. The third kappa shape index (κ3) is 3.88. The first-order valence-corrected chi connectivity index (χ1v) is 8.72. The van der Waals surface area contributed by atoms with Gasteiger partial charge in [-0.1, -0.05) is 25.6 Å². The molecule has 1 aliphatic heterocycles. The van der Waals surface area contributed by atoms with Crippen LogP contribution in [-0.4, -0.2) is 48.0 Å². The quantitative estimate of drug-likeness (QED) is 0.812. The van der Waals surface area contributed by atoms with Crippen LogP contribution in [0, 0.1) is 5.41 Å². The fraction of sp³-hybridized carbons (Fsp3) is 0.933. The minimum atomic E-state index is 0.451. The summed E-state index contributed by atoms with van der Waals surface area (Å²) in [6.45, 7) is 8.92. The summed E-state index contributed by atoms with van der Waals surface area (Å²) >= 11 is 1.92. The molecule has 2 aliphatic rings. The van der Waals surface area contributed by atoms with Crippen molar-refractivity contribution in [1.29, 1.82) is 0 Å². The average molecular weight is 283 g/mol. The van der Waals surface area contributed by atoms with Crippen LogP contribution in [0.2, 0.25) is 0 Å². The first-order valence-electron chi connectivity index (χ1n) is 7.73. The van der Waals surface area contributed by atoms with Gasteiger partial charge in [0.1, 0.15) is 0 Å². The fourth-order valence-corrected chi connectivity index (χ4v) is 3.84. The molecule has 1 unspecified atom stereocenters. The molecule has 0 amide bonds. The van der Waals surface area contributed by atoms with Crippen LogP contribution in [-0.2, 0) is 0 Å². The van der Waals surface area contributed by atoms with Crippen molar-refractivity contribution < 1.29 is 0 Å². The summed E-state index contributed by atoms with van der Waals surface area (Å²) in [5.74, 6) is 1.22. The number of nitrogens with one attached hydrogen (secondary N) is 1. The van der Waals surface area contributed by atoms with Crippen molar-refractivity contribution in [3.05, 3.63) is 0 Å². The maximum Gasteiger partial charge on any atom is 0.156 e. The molecule has 1 aliphatic carbocycles. The first kappa shape index (κ1) is 15.2. The van der Waals surface area contributed by atoms with E-state index < -0.39 is 0 Å². The number of likely N-dealkylation sites (N-methyl/N-ethyl adjacent to an activating group) is 1. The fourth-order valence-electron chi connectivity index (χ4n) is 2.56. The molecule has 0 aromatic carbocycles. The highest BCUT2D eigenvalue weighted by Crippen LogP contribution is 2.34. The van der Waals surface area contributed by atoms with Crippen molar-refractivity contribution in [3.8, 4) is 0 Å². The van der Waals surface area contributed by atoms with Gasteiger partial charge in [-0.25, -0.2) is 0 Å². The largest absolute Gasteiger partial charge is 0.363 e. The normalized spacial score (nSPS) is 24.2. The monoisotopic (exact) mass is 283 g/mol. The Bertz CT molecular complexity index is 321. The summed E-state index contributed by atoms with van der Waals surface area (Å²) < 4.78 is 0. The minimum absolute atomic E-state index is 0.451. The number of hydrogen-bond acceptors (Lipinski definition) is 4. The number of rotatable bonds is 6. The molecule has 0 bridgehead atoms. The molecule has 1 atom stereocenters. The lowest BCUT2D eigenvalue weighted by molar-refractivity contribution is 0.248. The second-order valence-corrected chi connectivity index (χ2v) is 7.21. The summed E-state index contributed by atoms with van der Waals surface area (Å²) in [6, 6.07) is 1.44. The van der Waals surface area contributed by atoms with E-state index in [-0.39, 0.29) is 0 Å². The highest BCUT2D eigenvalue weighted by molar-refractivity contribution is 8.13. The summed E-state index contributed by atoms with van der Waals surface area (Å²) in [6.07, 6.45) is 5.25. The molecule has 1 N–H and O–H groups in total. The Morgan fingerprint density at radius 2 is 2.11 bits per heavy atom. The van der Waals surface area contributed by atoms with E-state index in [1.54, 1.807) is 0 Å². The Morgan fingerprint density at radius 1 is 1.42 bits per heavy atom. The smallest absolute Gasteiger partial charge is 0.156 e. The summed E-state index contributed by atoms with van der Waals surface area (Å²) in [5.41, 5.74) is 0.451. The van der Waals surface area contributed by atoms with Gasteiger partial charge < -0.3 is 5.32 Å². The van der Waals surface area contributed by atoms with Gasteiger partial charge in [-0.2, -0.15) is 0 Å². The molecule has 2 rings (SSSR count). The van der Waals surface area contributed by atoms with E-state index >= 15 is 0 Å². The van der Waals surface area contributed by atoms with Crippen LogP contribution in [0.5, 0.6) is 0 Å². The summed E-state index contributed by atoms with van der Waals surface area (Å²) in [4.78, 5) is 7.27. The van der Waals surface area contributed by atoms with Gasteiger partial charge >= 0.3 is 0 Å². The molecule has 0 spiro atoms. The highest BCUT2D eigenvalue weighted by Gasteiger charge is 2.31. The van der Waals surface area contributed by atoms with E-state index in [4.69, 9.17) is 4.99 Å². The van der Waals surface area contributed by atoms with Gasteiger partial charge in [-0.3, -0.25) is 9.89 Å². The van der Waals surface area contributed by atoms with Crippen molar-refractivity contribution in [2.24, 2.45) is 10.4 Å². The molecule has 1 saturated carbocycles. The third-order valence-electron chi connectivity index (χ3n) is 4.94. The molecular formula is C15H29N3S. The van der Waals surface area contributed by atoms with Gasteiger partial charge in [0.2, 0.25) is 0 Å². The molecule has 4 heteroatoms. The van der Waals surface area contributed by atoms with Crippen molar-refractivity contribution in [2.75, 3.05) is 25.9 Å². The van der Waals surface area contributed by atoms with E-state index in [9.17, 15) is 0 Å². The van der Waals surface area contributed by atoms with Crippen LogP contribution >= 0.6 is 11.8 Å². The zero-order valence-electron chi connectivity index (χ0n) is 12.9. The van der Waals surface area contributed by atoms with Crippen LogP contribution in [0.15, 0.2) is 4.99 Å². The van der Waals surface area contributed by atoms with Crippen LogP contribution in [0.25, 0.3) is 0 Å². The van der Waals surface area contributed by atoms with E-state index in [0.29, 0.717) is 11.5 Å². The van der Waals surface area contributed by atoms with Crippen LogP contribution in [0.1, 0.15) is 46.5 Å². The topological polar surface area (TPSA) is 27.6 Å². The molecule has 0 aromatic rings. The number of aliphatic imine (C=N–C) groups is 1. The van der Waals surface area contributed by atoms with Crippen LogP contribution in [0.4, 0.5) is 0 Å². The molecule has 110 valence electrons. The zero-order valence-corrected chi connectivity index (χ0v) is 13.7. The molecule has 1 heterocycles. The van der Waals surface area contributed by atoms with E-state index in [0.717, 1.165) is 24.3 Å². The summed E-state index contributed by atoms with van der Waals surface area (Å²) in [7, 11) is 2.25. The summed E-state index contributed by atoms with van der Waals surface area (Å²) in [5, 5.41) is 4.70. The highest BCUT2D eigenvalue weighted by atomic mass is 32.2. The van der Waals surface area contributed by atoms with Crippen molar-refractivity contribution in [1.82, 2.24) is 10.2 Å². The lowest BCUT2D eigenvalue weighted by Crippen LogP contribution is -2.42. The predicted octanol–water partition coefficient (Wildman–Crippen LogP) is 2.97.